The molecule has 2 unspecified atom stereocenters. The van der Waals surface area contributed by atoms with E-state index in [0.717, 1.165) is 6.42 Å². The van der Waals surface area contributed by atoms with Crippen molar-refractivity contribution in [3.63, 3.8) is 0 Å². The largest absolute Gasteiger partial charge is 0.392 e. The van der Waals surface area contributed by atoms with Gasteiger partial charge in [-0.1, -0.05) is 20.8 Å². The minimum absolute atomic E-state index is 0.222. The minimum Gasteiger partial charge on any atom is -0.392 e. The summed E-state index contributed by atoms with van der Waals surface area (Å²) in [5, 5.41) is 12.9. The molecule has 0 radical (unpaired) electrons. The second-order valence-electron chi connectivity index (χ2n) is 3.99. The fourth-order valence-electron chi connectivity index (χ4n) is 1.34. The van der Waals surface area contributed by atoms with Crippen molar-refractivity contribution in [2.75, 3.05) is 0 Å². The Kier molecular flexibility index (Phi) is 5.51. The molecule has 2 nitrogen and oxygen atoms in total. The maximum absolute atomic E-state index is 9.46. The van der Waals surface area contributed by atoms with E-state index in [2.05, 4.69) is 33.0 Å². The molecule has 2 heteroatoms. The van der Waals surface area contributed by atoms with Gasteiger partial charge >= 0.3 is 0 Å². The van der Waals surface area contributed by atoms with Crippen LogP contribution in [0, 0.1) is 5.92 Å². The summed E-state index contributed by atoms with van der Waals surface area (Å²) in [5.74, 6) is 0.485. The van der Waals surface area contributed by atoms with Gasteiger partial charge in [0.15, 0.2) is 0 Å². The molecule has 0 aliphatic rings. The predicted molar refractivity (Wildman–Crippen MR) is 53.2 cm³/mol. The van der Waals surface area contributed by atoms with Gasteiger partial charge in [-0.25, -0.2) is 0 Å². The van der Waals surface area contributed by atoms with Crippen LogP contribution in [0.25, 0.3) is 0 Å². The smallest absolute Gasteiger partial charge is 0.0667 e. The Hall–Kier alpha value is -0.0800. The van der Waals surface area contributed by atoms with Crippen molar-refractivity contribution in [1.82, 2.24) is 5.32 Å². The van der Waals surface area contributed by atoms with Crippen LogP contribution >= 0.6 is 0 Å². The van der Waals surface area contributed by atoms with E-state index in [1.165, 1.54) is 0 Å². The monoisotopic (exact) mass is 173 g/mol. The first-order valence-electron chi connectivity index (χ1n) is 4.93. The number of aliphatic hydroxyl groups is 1. The van der Waals surface area contributed by atoms with Crippen molar-refractivity contribution >= 4 is 0 Å². The molecule has 12 heavy (non-hydrogen) atoms. The molecule has 0 aromatic heterocycles. The normalized spacial score (nSPS) is 19.2. The first-order valence-corrected chi connectivity index (χ1v) is 4.93. The lowest BCUT2D eigenvalue weighted by Gasteiger charge is -2.28. The zero-order chi connectivity index (χ0) is 9.72. The van der Waals surface area contributed by atoms with Crippen LogP contribution in [0.15, 0.2) is 0 Å². The van der Waals surface area contributed by atoms with Gasteiger partial charge < -0.3 is 10.4 Å². The van der Waals surface area contributed by atoms with Gasteiger partial charge in [-0.05, 0) is 26.2 Å². The molecule has 0 aromatic rings. The molecule has 74 valence electrons. The molecule has 0 bridgehead atoms. The van der Waals surface area contributed by atoms with Crippen LogP contribution in [0.4, 0.5) is 0 Å². The van der Waals surface area contributed by atoms with E-state index in [4.69, 9.17) is 0 Å². The Labute approximate surface area is 76.4 Å². The van der Waals surface area contributed by atoms with Crippen molar-refractivity contribution in [3.05, 3.63) is 0 Å². The molecule has 0 spiro atoms. The predicted octanol–water partition coefficient (Wildman–Crippen LogP) is 1.78. The highest BCUT2D eigenvalue weighted by atomic mass is 16.3. The second kappa shape index (κ2) is 5.55. The zero-order valence-corrected chi connectivity index (χ0v) is 8.96. The van der Waals surface area contributed by atoms with Gasteiger partial charge in [0.05, 0.1) is 6.10 Å². The van der Waals surface area contributed by atoms with E-state index in [-0.39, 0.29) is 12.1 Å². The Balaban J connectivity index is 3.95. The summed E-state index contributed by atoms with van der Waals surface area (Å²) >= 11 is 0. The maximum atomic E-state index is 9.46. The SMILES string of the molecule is CCC(C)N[C@@H](C(C)C)C(C)O. The molecule has 0 aliphatic heterocycles. The highest BCUT2D eigenvalue weighted by Crippen LogP contribution is 2.08. The molecule has 0 heterocycles. The van der Waals surface area contributed by atoms with Gasteiger partial charge in [-0.15, -0.1) is 0 Å². The lowest BCUT2D eigenvalue weighted by molar-refractivity contribution is 0.114. The van der Waals surface area contributed by atoms with E-state index in [1.54, 1.807) is 0 Å². The minimum atomic E-state index is -0.265. The van der Waals surface area contributed by atoms with Gasteiger partial charge in [-0.2, -0.15) is 0 Å². The first kappa shape index (κ1) is 11.9. The Bertz CT molecular complexity index is 104. The Morgan fingerprint density at radius 2 is 1.67 bits per heavy atom. The summed E-state index contributed by atoms with van der Waals surface area (Å²) in [6.45, 7) is 10.4. The first-order chi connectivity index (χ1) is 5.49. The van der Waals surface area contributed by atoms with E-state index >= 15 is 0 Å². The molecule has 3 atom stereocenters. The third kappa shape index (κ3) is 4.07. The van der Waals surface area contributed by atoms with E-state index in [9.17, 15) is 5.11 Å². The van der Waals surface area contributed by atoms with E-state index in [0.29, 0.717) is 12.0 Å². The molecular formula is C10H23NO. The number of nitrogens with one attached hydrogen (secondary N) is 1. The van der Waals surface area contributed by atoms with E-state index < -0.39 is 0 Å². The van der Waals surface area contributed by atoms with Gasteiger partial charge in [0.25, 0.3) is 0 Å². The Morgan fingerprint density at radius 3 is 1.92 bits per heavy atom. The molecule has 2 N–H and O–H groups in total. The highest BCUT2D eigenvalue weighted by molar-refractivity contribution is 4.78. The van der Waals surface area contributed by atoms with Crippen LogP contribution in [-0.4, -0.2) is 23.3 Å². The third-order valence-corrected chi connectivity index (χ3v) is 2.33. The van der Waals surface area contributed by atoms with Crippen LogP contribution in [-0.2, 0) is 0 Å². The van der Waals surface area contributed by atoms with Crippen LogP contribution in [0.5, 0.6) is 0 Å². The Morgan fingerprint density at radius 1 is 1.17 bits per heavy atom. The summed E-state index contributed by atoms with van der Waals surface area (Å²) in [6.07, 6.45) is 0.842. The summed E-state index contributed by atoms with van der Waals surface area (Å²) in [7, 11) is 0. The molecule has 0 aliphatic carbocycles. The number of hydrogen-bond acceptors (Lipinski definition) is 2. The fourth-order valence-corrected chi connectivity index (χ4v) is 1.34. The van der Waals surface area contributed by atoms with Crippen molar-refractivity contribution in [1.29, 1.82) is 0 Å². The standard InChI is InChI=1S/C10H23NO/c1-6-8(4)11-10(7(2)3)9(5)12/h7-12H,6H2,1-5H3/t8?,9?,10-/m0/s1. The van der Waals surface area contributed by atoms with E-state index in [1.807, 2.05) is 6.92 Å². The van der Waals surface area contributed by atoms with Crippen molar-refractivity contribution in [2.45, 2.75) is 59.2 Å². The van der Waals surface area contributed by atoms with Crippen molar-refractivity contribution in [3.8, 4) is 0 Å². The third-order valence-electron chi connectivity index (χ3n) is 2.33. The van der Waals surface area contributed by atoms with Gasteiger partial charge in [0.2, 0.25) is 0 Å². The number of hydrogen-bond donors (Lipinski definition) is 2. The van der Waals surface area contributed by atoms with Crippen LogP contribution in [0.2, 0.25) is 0 Å². The summed E-state index contributed by atoms with van der Waals surface area (Å²) < 4.78 is 0. The highest BCUT2D eigenvalue weighted by Gasteiger charge is 2.19. The summed E-state index contributed by atoms with van der Waals surface area (Å²) in [6, 6.07) is 0.715. The molecule has 0 rings (SSSR count). The molecule has 0 saturated carbocycles. The number of rotatable bonds is 5. The summed E-state index contributed by atoms with van der Waals surface area (Å²) in [4.78, 5) is 0. The molecule has 0 saturated heterocycles. The van der Waals surface area contributed by atoms with Crippen LogP contribution < -0.4 is 5.32 Å². The molecule has 0 amide bonds. The van der Waals surface area contributed by atoms with Gasteiger partial charge in [0, 0.05) is 12.1 Å². The maximum Gasteiger partial charge on any atom is 0.0667 e. The molecule has 0 aromatic carbocycles. The fraction of sp³-hybridized carbons (Fsp3) is 1.00. The van der Waals surface area contributed by atoms with Crippen molar-refractivity contribution < 1.29 is 5.11 Å². The lowest BCUT2D eigenvalue weighted by atomic mass is 9.98. The number of aliphatic hydroxyl groups excluding tert-OH is 1. The van der Waals surface area contributed by atoms with Crippen molar-refractivity contribution in [2.24, 2.45) is 5.92 Å². The summed E-state index contributed by atoms with van der Waals surface area (Å²) in [5.41, 5.74) is 0. The quantitative estimate of drug-likeness (QED) is 0.664. The lowest BCUT2D eigenvalue weighted by Crippen LogP contribution is -2.46. The topological polar surface area (TPSA) is 32.3 Å². The molecule has 0 fully saturated rings. The average Bonchev–Trinajstić information content (AvgIpc) is 1.98. The van der Waals surface area contributed by atoms with Gasteiger partial charge in [0.1, 0.15) is 0 Å². The second-order valence-corrected chi connectivity index (χ2v) is 3.99. The van der Waals surface area contributed by atoms with Crippen LogP contribution in [0.3, 0.4) is 0 Å². The van der Waals surface area contributed by atoms with Crippen LogP contribution in [0.1, 0.15) is 41.0 Å². The molecular weight excluding hydrogens is 150 g/mol. The zero-order valence-electron chi connectivity index (χ0n) is 8.96. The average molecular weight is 173 g/mol. The van der Waals surface area contributed by atoms with Gasteiger partial charge in [-0.3, -0.25) is 0 Å².